The van der Waals surface area contributed by atoms with Crippen molar-refractivity contribution in [1.29, 1.82) is 5.26 Å². The van der Waals surface area contributed by atoms with Crippen LogP contribution in [0.25, 0.3) is 11.0 Å². The molecule has 17 heavy (non-hydrogen) atoms. The van der Waals surface area contributed by atoms with Gasteiger partial charge in [-0.05, 0) is 25.0 Å². The molecule has 0 aliphatic rings. The molecule has 0 radical (unpaired) electrons. The van der Waals surface area contributed by atoms with Crippen LogP contribution in [0, 0.1) is 11.3 Å². The van der Waals surface area contributed by atoms with Gasteiger partial charge in [0.15, 0.2) is 0 Å². The number of para-hydroxylation sites is 2. The second kappa shape index (κ2) is 5.70. The molecule has 88 valence electrons. The molecule has 3 nitrogen and oxygen atoms in total. The zero-order chi connectivity index (χ0) is 12.1. The van der Waals surface area contributed by atoms with E-state index in [4.69, 9.17) is 16.9 Å². The molecule has 0 bridgehead atoms. The molecule has 2 rings (SSSR count). The van der Waals surface area contributed by atoms with E-state index in [1.807, 2.05) is 24.3 Å². The molecule has 0 amide bonds. The Morgan fingerprint density at radius 1 is 1.29 bits per heavy atom. The van der Waals surface area contributed by atoms with Crippen LogP contribution in [0.4, 0.5) is 0 Å². The number of halogens is 1. The molecule has 1 aromatic carbocycles. The van der Waals surface area contributed by atoms with Crippen molar-refractivity contribution in [2.75, 3.05) is 5.88 Å². The minimum Gasteiger partial charge on any atom is -0.327 e. The highest BCUT2D eigenvalue weighted by molar-refractivity contribution is 6.17. The fourth-order valence-corrected chi connectivity index (χ4v) is 2.13. The molecular weight excluding hydrogens is 234 g/mol. The Morgan fingerprint density at radius 3 is 2.88 bits per heavy atom. The van der Waals surface area contributed by atoms with Crippen molar-refractivity contribution >= 4 is 22.6 Å². The number of nitrogens with zero attached hydrogens (tertiary/aromatic N) is 3. The molecule has 0 saturated carbocycles. The number of alkyl halides is 1. The molecule has 1 heterocycles. The molecule has 0 unspecified atom stereocenters. The fourth-order valence-electron chi connectivity index (χ4n) is 1.94. The number of nitriles is 1. The van der Waals surface area contributed by atoms with Gasteiger partial charge in [0.2, 0.25) is 0 Å². The number of aryl methyl sites for hydroxylation is 1. The van der Waals surface area contributed by atoms with Crippen LogP contribution in [0.15, 0.2) is 24.3 Å². The first-order valence-electron chi connectivity index (χ1n) is 5.74. The van der Waals surface area contributed by atoms with Crippen molar-refractivity contribution in [2.45, 2.75) is 25.8 Å². The van der Waals surface area contributed by atoms with E-state index in [2.05, 4.69) is 15.6 Å². The summed E-state index contributed by atoms with van der Waals surface area (Å²) in [6.45, 7) is 0.879. The van der Waals surface area contributed by atoms with Gasteiger partial charge in [0.25, 0.3) is 0 Å². The maximum Gasteiger partial charge on any atom is 0.124 e. The largest absolute Gasteiger partial charge is 0.327 e. The molecule has 0 N–H and O–H groups in total. The first-order chi connectivity index (χ1) is 8.36. The zero-order valence-corrected chi connectivity index (χ0v) is 10.3. The van der Waals surface area contributed by atoms with Crippen molar-refractivity contribution < 1.29 is 0 Å². The van der Waals surface area contributed by atoms with Crippen LogP contribution in [0.3, 0.4) is 0 Å². The summed E-state index contributed by atoms with van der Waals surface area (Å²) in [5.41, 5.74) is 2.07. The molecule has 4 heteroatoms. The third kappa shape index (κ3) is 2.59. The first kappa shape index (κ1) is 11.9. The second-order valence-electron chi connectivity index (χ2n) is 3.90. The number of hydrogen-bond donors (Lipinski definition) is 0. The summed E-state index contributed by atoms with van der Waals surface area (Å²) < 4.78 is 2.13. The van der Waals surface area contributed by atoms with E-state index in [0.29, 0.717) is 12.3 Å². The molecule has 0 spiro atoms. The summed E-state index contributed by atoms with van der Waals surface area (Å²) in [7, 11) is 0. The van der Waals surface area contributed by atoms with Gasteiger partial charge in [0, 0.05) is 12.4 Å². The van der Waals surface area contributed by atoms with Gasteiger partial charge in [0.05, 0.1) is 23.5 Å². The van der Waals surface area contributed by atoms with Crippen molar-refractivity contribution in [1.82, 2.24) is 9.55 Å². The predicted octanol–water partition coefficient (Wildman–Crippen LogP) is 3.12. The standard InChI is InChI=1S/C13H14ClN3/c14-8-3-4-10-17-12-6-2-1-5-11(12)16-13(17)7-9-15/h1-2,5-6H,3-4,7-8,10H2. The Morgan fingerprint density at radius 2 is 2.12 bits per heavy atom. The van der Waals surface area contributed by atoms with Gasteiger partial charge in [-0.1, -0.05) is 12.1 Å². The Labute approximate surface area is 106 Å². The lowest BCUT2D eigenvalue weighted by Crippen LogP contribution is -2.03. The summed E-state index contributed by atoms with van der Waals surface area (Å²) in [5.74, 6) is 1.53. The number of imidazole rings is 1. The number of unbranched alkanes of at least 4 members (excludes halogenated alkanes) is 1. The topological polar surface area (TPSA) is 41.6 Å². The molecule has 0 atom stereocenters. The molecular formula is C13H14ClN3. The number of hydrogen-bond acceptors (Lipinski definition) is 2. The van der Waals surface area contributed by atoms with E-state index in [0.717, 1.165) is 36.2 Å². The van der Waals surface area contributed by atoms with Gasteiger partial charge in [-0.25, -0.2) is 4.98 Å². The molecule has 0 aliphatic heterocycles. The number of benzene rings is 1. The Hall–Kier alpha value is -1.53. The van der Waals surface area contributed by atoms with E-state index in [1.54, 1.807) is 0 Å². The van der Waals surface area contributed by atoms with E-state index in [1.165, 1.54) is 0 Å². The average Bonchev–Trinajstić information content (AvgIpc) is 2.69. The van der Waals surface area contributed by atoms with Crippen LogP contribution in [0.1, 0.15) is 18.7 Å². The average molecular weight is 248 g/mol. The Balaban J connectivity index is 2.34. The molecule has 0 aliphatic carbocycles. The van der Waals surface area contributed by atoms with Gasteiger partial charge >= 0.3 is 0 Å². The van der Waals surface area contributed by atoms with Crippen LogP contribution < -0.4 is 0 Å². The lowest BCUT2D eigenvalue weighted by atomic mass is 10.3. The summed E-state index contributed by atoms with van der Waals surface area (Å²) in [4.78, 5) is 4.49. The van der Waals surface area contributed by atoms with E-state index in [9.17, 15) is 0 Å². The zero-order valence-electron chi connectivity index (χ0n) is 9.56. The second-order valence-corrected chi connectivity index (χ2v) is 4.28. The van der Waals surface area contributed by atoms with Crippen molar-refractivity contribution in [3.8, 4) is 6.07 Å². The summed E-state index contributed by atoms with van der Waals surface area (Å²) >= 11 is 5.68. The third-order valence-corrected chi connectivity index (χ3v) is 3.00. The quantitative estimate of drug-likeness (QED) is 0.602. The van der Waals surface area contributed by atoms with Crippen LogP contribution >= 0.6 is 11.6 Å². The Bertz CT molecular complexity index is 539. The highest BCUT2D eigenvalue weighted by Crippen LogP contribution is 2.17. The minimum atomic E-state index is 0.357. The van der Waals surface area contributed by atoms with Gasteiger partial charge in [-0.15, -0.1) is 11.6 Å². The van der Waals surface area contributed by atoms with Crippen molar-refractivity contribution in [3.63, 3.8) is 0 Å². The van der Waals surface area contributed by atoms with Crippen LogP contribution in [-0.4, -0.2) is 15.4 Å². The number of rotatable bonds is 5. The normalized spacial score (nSPS) is 10.6. The van der Waals surface area contributed by atoms with Gasteiger partial charge < -0.3 is 4.57 Å². The lowest BCUT2D eigenvalue weighted by Gasteiger charge is -2.06. The van der Waals surface area contributed by atoms with Crippen molar-refractivity contribution in [3.05, 3.63) is 30.1 Å². The number of aromatic nitrogens is 2. The van der Waals surface area contributed by atoms with Gasteiger partial charge in [0.1, 0.15) is 5.82 Å². The highest BCUT2D eigenvalue weighted by Gasteiger charge is 2.09. The molecule has 0 fully saturated rings. The Kier molecular flexibility index (Phi) is 4.00. The summed E-state index contributed by atoms with van der Waals surface area (Å²) in [6.07, 6.45) is 2.36. The monoisotopic (exact) mass is 247 g/mol. The minimum absolute atomic E-state index is 0.357. The van der Waals surface area contributed by atoms with Crippen LogP contribution in [0.2, 0.25) is 0 Å². The maximum atomic E-state index is 8.82. The van der Waals surface area contributed by atoms with Crippen LogP contribution in [0.5, 0.6) is 0 Å². The van der Waals surface area contributed by atoms with Gasteiger partial charge in [-0.3, -0.25) is 0 Å². The first-order valence-corrected chi connectivity index (χ1v) is 6.27. The molecule has 1 aromatic heterocycles. The molecule has 0 saturated heterocycles. The van der Waals surface area contributed by atoms with Crippen LogP contribution in [-0.2, 0) is 13.0 Å². The van der Waals surface area contributed by atoms with Gasteiger partial charge in [-0.2, -0.15) is 5.26 Å². The summed E-state index contributed by atoms with van der Waals surface area (Å²) in [5, 5.41) is 8.82. The predicted molar refractivity (Wildman–Crippen MR) is 69.0 cm³/mol. The van der Waals surface area contributed by atoms with E-state index in [-0.39, 0.29) is 0 Å². The van der Waals surface area contributed by atoms with Crippen molar-refractivity contribution in [2.24, 2.45) is 0 Å². The third-order valence-electron chi connectivity index (χ3n) is 2.74. The van der Waals surface area contributed by atoms with E-state index < -0.39 is 0 Å². The smallest absolute Gasteiger partial charge is 0.124 e. The molecule has 2 aromatic rings. The summed E-state index contributed by atoms with van der Waals surface area (Å²) in [6, 6.07) is 10.2. The number of fused-ring (bicyclic) bond motifs is 1. The maximum absolute atomic E-state index is 8.82. The van der Waals surface area contributed by atoms with E-state index >= 15 is 0 Å². The SMILES string of the molecule is N#CCc1nc2ccccc2n1CCCCCl. The fraction of sp³-hybridized carbons (Fsp3) is 0.385. The highest BCUT2D eigenvalue weighted by atomic mass is 35.5. The lowest BCUT2D eigenvalue weighted by molar-refractivity contribution is 0.627.